The highest BCUT2D eigenvalue weighted by Gasteiger charge is 2.20. The molecule has 0 radical (unpaired) electrons. The lowest BCUT2D eigenvalue weighted by molar-refractivity contribution is 0.329. The molecule has 0 unspecified atom stereocenters. The Labute approximate surface area is 114 Å². The average Bonchev–Trinajstić information content (AvgIpc) is 2.81. The zero-order valence-electron chi connectivity index (χ0n) is 11.8. The highest BCUT2D eigenvalue weighted by Crippen LogP contribution is 2.27. The van der Waals surface area contributed by atoms with Crippen molar-refractivity contribution in [1.82, 2.24) is 14.6 Å². The molecule has 0 aromatic carbocycles. The summed E-state index contributed by atoms with van der Waals surface area (Å²) in [6, 6.07) is 4.66. The van der Waals surface area contributed by atoms with Crippen molar-refractivity contribution in [1.29, 1.82) is 0 Å². The van der Waals surface area contributed by atoms with Crippen LogP contribution in [0.3, 0.4) is 0 Å². The number of anilines is 1. The molecule has 1 saturated carbocycles. The molecule has 3 rings (SSSR count). The van der Waals surface area contributed by atoms with Crippen LogP contribution in [0.5, 0.6) is 0 Å². The van der Waals surface area contributed by atoms with E-state index in [0.717, 1.165) is 17.5 Å². The molecular formula is C15H22N4. The first-order chi connectivity index (χ1) is 9.24. The minimum Gasteiger partial charge on any atom is -0.350 e. The van der Waals surface area contributed by atoms with Gasteiger partial charge in [0.1, 0.15) is 0 Å². The van der Waals surface area contributed by atoms with E-state index in [1.54, 1.807) is 0 Å². The molecule has 19 heavy (non-hydrogen) atoms. The van der Waals surface area contributed by atoms with E-state index in [-0.39, 0.29) is 0 Å². The molecule has 102 valence electrons. The molecule has 0 bridgehead atoms. The third-order valence-corrected chi connectivity index (χ3v) is 4.25. The Morgan fingerprint density at radius 2 is 2.11 bits per heavy atom. The maximum absolute atomic E-state index is 4.55. The molecule has 2 heterocycles. The second-order valence-corrected chi connectivity index (χ2v) is 5.71. The van der Waals surface area contributed by atoms with Crippen LogP contribution in [0.15, 0.2) is 18.3 Å². The summed E-state index contributed by atoms with van der Waals surface area (Å²) < 4.78 is 1.84. The molecule has 1 aliphatic rings. The Morgan fingerprint density at radius 1 is 1.32 bits per heavy atom. The zero-order valence-corrected chi connectivity index (χ0v) is 11.8. The maximum atomic E-state index is 4.55. The molecule has 4 nitrogen and oxygen atoms in total. The number of nitrogens with one attached hydrogen (secondary N) is 1. The summed E-state index contributed by atoms with van der Waals surface area (Å²) in [5.74, 6) is 1.69. The van der Waals surface area contributed by atoms with Gasteiger partial charge in [-0.15, -0.1) is 5.10 Å². The third-order valence-electron chi connectivity index (χ3n) is 4.25. The maximum Gasteiger partial charge on any atom is 0.243 e. The molecule has 2 aromatic heterocycles. The van der Waals surface area contributed by atoms with Crippen molar-refractivity contribution < 1.29 is 0 Å². The van der Waals surface area contributed by atoms with Gasteiger partial charge >= 0.3 is 0 Å². The Kier molecular flexibility index (Phi) is 3.40. The van der Waals surface area contributed by atoms with E-state index in [1.807, 2.05) is 10.7 Å². The molecule has 1 fully saturated rings. The van der Waals surface area contributed by atoms with Crippen molar-refractivity contribution in [3.05, 3.63) is 23.9 Å². The van der Waals surface area contributed by atoms with Crippen molar-refractivity contribution in [2.24, 2.45) is 5.92 Å². The van der Waals surface area contributed by atoms with Crippen molar-refractivity contribution in [2.45, 2.75) is 52.0 Å². The lowest BCUT2D eigenvalue weighted by Crippen LogP contribution is -2.26. The SMILES string of the molecule is CCC1CCC(Nc2nc3cc(C)ccn3n2)CC1. The summed E-state index contributed by atoms with van der Waals surface area (Å²) in [7, 11) is 0. The van der Waals surface area contributed by atoms with Crippen molar-refractivity contribution in [2.75, 3.05) is 5.32 Å². The minimum atomic E-state index is 0.543. The van der Waals surface area contributed by atoms with E-state index in [0.29, 0.717) is 6.04 Å². The highest BCUT2D eigenvalue weighted by atomic mass is 15.3. The molecule has 0 amide bonds. The molecule has 4 heteroatoms. The molecule has 0 atom stereocenters. The van der Waals surface area contributed by atoms with Crippen LogP contribution in [-0.2, 0) is 0 Å². The van der Waals surface area contributed by atoms with Crippen molar-refractivity contribution >= 4 is 11.6 Å². The minimum absolute atomic E-state index is 0.543. The number of aromatic nitrogens is 3. The van der Waals surface area contributed by atoms with Gasteiger partial charge in [-0.2, -0.15) is 4.98 Å². The highest BCUT2D eigenvalue weighted by molar-refractivity contribution is 5.45. The lowest BCUT2D eigenvalue weighted by Gasteiger charge is -2.27. The number of rotatable bonds is 3. The predicted molar refractivity (Wildman–Crippen MR) is 77.4 cm³/mol. The summed E-state index contributed by atoms with van der Waals surface area (Å²) in [4.78, 5) is 4.55. The van der Waals surface area contributed by atoms with E-state index in [2.05, 4.69) is 41.4 Å². The molecule has 0 saturated heterocycles. The smallest absolute Gasteiger partial charge is 0.243 e. The second-order valence-electron chi connectivity index (χ2n) is 5.71. The number of hydrogen-bond acceptors (Lipinski definition) is 3. The van der Waals surface area contributed by atoms with E-state index in [4.69, 9.17) is 0 Å². The van der Waals surface area contributed by atoms with Gasteiger partial charge in [0.05, 0.1) is 0 Å². The quantitative estimate of drug-likeness (QED) is 0.917. The van der Waals surface area contributed by atoms with Crippen molar-refractivity contribution in [3.8, 4) is 0 Å². The number of hydrogen-bond donors (Lipinski definition) is 1. The van der Waals surface area contributed by atoms with Crippen LogP contribution in [0.25, 0.3) is 5.65 Å². The van der Waals surface area contributed by atoms with Gasteiger partial charge in [0.25, 0.3) is 0 Å². The van der Waals surface area contributed by atoms with E-state index in [9.17, 15) is 0 Å². The van der Waals surface area contributed by atoms with Crippen LogP contribution in [0, 0.1) is 12.8 Å². The van der Waals surface area contributed by atoms with Gasteiger partial charge in [-0.25, -0.2) is 4.52 Å². The van der Waals surface area contributed by atoms with Crippen LogP contribution in [0.2, 0.25) is 0 Å². The fourth-order valence-electron chi connectivity index (χ4n) is 2.94. The molecule has 0 aliphatic heterocycles. The molecule has 2 aromatic rings. The Morgan fingerprint density at radius 3 is 2.84 bits per heavy atom. The van der Waals surface area contributed by atoms with Gasteiger partial charge in [-0.1, -0.05) is 13.3 Å². The first-order valence-corrected chi connectivity index (χ1v) is 7.34. The average molecular weight is 258 g/mol. The summed E-state index contributed by atoms with van der Waals surface area (Å²) in [5.41, 5.74) is 2.14. The largest absolute Gasteiger partial charge is 0.350 e. The Balaban J connectivity index is 1.68. The van der Waals surface area contributed by atoms with Crippen LogP contribution in [0.1, 0.15) is 44.6 Å². The van der Waals surface area contributed by atoms with E-state index in [1.165, 1.54) is 37.7 Å². The monoisotopic (exact) mass is 258 g/mol. The van der Waals surface area contributed by atoms with Gasteiger partial charge < -0.3 is 5.32 Å². The first kappa shape index (κ1) is 12.5. The van der Waals surface area contributed by atoms with Gasteiger partial charge in [0.15, 0.2) is 5.65 Å². The van der Waals surface area contributed by atoms with Gasteiger partial charge in [0, 0.05) is 12.2 Å². The summed E-state index contributed by atoms with van der Waals surface area (Å²) in [6.07, 6.45) is 8.44. The fourth-order valence-corrected chi connectivity index (χ4v) is 2.94. The number of fused-ring (bicyclic) bond motifs is 1. The van der Waals surface area contributed by atoms with Crippen molar-refractivity contribution in [3.63, 3.8) is 0 Å². The number of aryl methyl sites for hydroxylation is 1. The summed E-state index contributed by atoms with van der Waals surface area (Å²) in [5, 5.41) is 7.97. The first-order valence-electron chi connectivity index (χ1n) is 7.34. The standard InChI is InChI=1S/C15H22N4/c1-3-12-4-6-13(7-5-12)16-15-17-14-10-11(2)8-9-19(14)18-15/h8-10,12-13H,3-7H2,1-2H3,(H,16,18). The summed E-state index contributed by atoms with van der Waals surface area (Å²) in [6.45, 7) is 4.37. The third kappa shape index (κ3) is 2.72. The topological polar surface area (TPSA) is 42.2 Å². The van der Waals surface area contributed by atoms with Gasteiger partial charge in [0.2, 0.25) is 5.95 Å². The lowest BCUT2D eigenvalue weighted by atomic mass is 9.85. The summed E-state index contributed by atoms with van der Waals surface area (Å²) >= 11 is 0. The number of nitrogens with zero attached hydrogens (tertiary/aromatic N) is 3. The Hall–Kier alpha value is -1.58. The second kappa shape index (κ2) is 5.19. The van der Waals surface area contributed by atoms with Crippen LogP contribution < -0.4 is 5.32 Å². The molecule has 1 N–H and O–H groups in total. The Bertz CT molecular complexity index is 552. The molecule has 1 aliphatic carbocycles. The molecule has 0 spiro atoms. The van der Waals surface area contributed by atoms with Crippen LogP contribution in [0.4, 0.5) is 5.95 Å². The predicted octanol–water partition coefficient (Wildman–Crippen LogP) is 3.42. The van der Waals surface area contributed by atoms with Gasteiger partial charge in [-0.05, 0) is 56.2 Å². The van der Waals surface area contributed by atoms with Crippen LogP contribution in [-0.4, -0.2) is 20.6 Å². The normalized spacial score (nSPS) is 23.7. The van der Waals surface area contributed by atoms with E-state index >= 15 is 0 Å². The van der Waals surface area contributed by atoms with E-state index < -0.39 is 0 Å². The zero-order chi connectivity index (χ0) is 13.2. The number of pyridine rings is 1. The fraction of sp³-hybridized carbons (Fsp3) is 0.600. The van der Waals surface area contributed by atoms with Gasteiger partial charge in [-0.3, -0.25) is 0 Å². The van der Waals surface area contributed by atoms with Crippen LogP contribution >= 0.6 is 0 Å². The molecular weight excluding hydrogens is 236 g/mol.